The van der Waals surface area contributed by atoms with Crippen LogP contribution < -0.4 is 4.74 Å². The average molecular weight is 234 g/mol. The molecule has 3 nitrogen and oxygen atoms in total. The van der Waals surface area contributed by atoms with Crippen molar-refractivity contribution in [3.63, 3.8) is 0 Å². The fraction of sp³-hybridized carbons (Fsp3) is 0.357. The van der Waals surface area contributed by atoms with Crippen molar-refractivity contribution in [1.82, 2.24) is 0 Å². The molecule has 1 aromatic rings. The summed E-state index contributed by atoms with van der Waals surface area (Å²) in [7, 11) is 0. The summed E-state index contributed by atoms with van der Waals surface area (Å²) in [4.78, 5) is 10.8. The highest BCUT2D eigenvalue weighted by Crippen LogP contribution is 2.25. The van der Waals surface area contributed by atoms with Crippen LogP contribution >= 0.6 is 0 Å². The third kappa shape index (κ3) is 4.31. The van der Waals surface area contributed by atoms with Crippen LogP contribution in [0.4, 0.5) is 0 Å². The lowest BCUT2D eigenvalue weighted by Crippen LogP contribution is -2.11. The molecule has 3 heteroatoms. The van der Waals surface area contributed by atoms with Gasteiger partial charge in [0.05, 0.1) is 0 Å². The number of hydrogen-bond acceptors (Lipinski definition) is 3. The summed E-state index contributed by atoms with van der Waals surface area (Å²) in [5.41, 5.74) is 1.16. The quantitative estimate of drug-likeness (QED) is 0.431. The smallest absolute Gasteiger partial charge is 0.330 e. The van der Waals surface area contributed by atoms with Crippen LogP contribution in [0.2, 0.25) is 0 Å². The van der Waals surface area contributed by atoms with Crippen molar-refractivity contribution in [1.29, 1.82) is 0 Å². The summed E-state index contributed by atoms with van der Waals surface area (Å²) in [5, 5.41) is 0. The Bertz CT molecular complexity index is 383. The molecule has 92 valence electrons. The third-order valence-electron chi connectivity index (χ3n) is 2.29. The fourth-order valence-electron chi connectivity index (χ4n) is 1.44. The molecular weight excluding hydrogens is 216 g/mol. The SMILES string of the molecule is C=CC(=O)OCCOc1ccccc1C(C)C. The first kappa shape index (κ1) is 13.3. The number of carbonyl (C=O) groups excluding carboxylic acids is 1. The molecule has 0 atom stereocenters. The molecule has 1 aromatic carbocycles. The zero-order valence-electron chi connectivity index (χ0n) is 10.3. The van der Waals surface area contributed by atoms with Gasteiger partial charge in [-0.1, -0.05) is 38.6 Å². The van der Waals surface area contributed by atoms with Crippen molar-refractivity contribution in [3.8, 4) is 5.75 Å². The standard InChI is InChI=1S/C14H18O3/c1-4-14(15)17-10-9-16-13-8-6-5-7-12(13)11(2)3/h4-8,11H,1,9-10H2,2-3H3. The second kappa shape index (κ2) is 6.74. The van der Waals surface area contributed by atoms with Crippen LogP contribution in [0.3, 0.4) is 0 Å². The van der Waals surface area contributed by atoms with Crippen molar-refractivity contribution in [3.05, 3.63) is 42.5 Å². The number of para-hydroxylation sites is 1. The van der Waals surface area contributed by atoms with Crippen LogP contribution in [0.1, 0.15) is 25.3 Å². The molecule has 1 rings (SSSR count). The van der Waals surface area contributed by atoms with Gasteiger partial charge in [0.1, 0.15) is 19.0 Å². The van der Waals surface area contributed by atoms with E-state index < -0.39 is 5.97 Å². The summed E-state index contributed by atoms with van der Waals surface area (Å²) in [5.74, 6) is 0.824. The average Bonchev–Trinajstić information content (AvgIpc) is 2.34. The van der Waals surface area contributed by atoms with Crippen LogP contribution in [0.5, 0.6) is 5.75 Å². The first-order valence-electron chi connectivity index (χ1n) is 5.66. The van der Waals surface area contributed by atoms with Gasteiger partial charge < -0.3 is 9.47 Å². The second-order valence-electron chi connectivity index (χ2n) is 3.91. The van der Waals surface area contributed by atoms with Gasteiger partial charge >= 0.3 is 5.97 Å². The molecule has 0 fully saturated rings. The van der Waals surface area contributed by atoms with E-state index in [1.54, 1.807) is 0 Å². The van der Waals surface area contributed by atoms with E-state index in [9.17, 15) is 4.79 Å². The van der Waals surface area contributed by atoms with E-state index in [4.69, 9.17) is 9.47 Å². The van der Waals surface area contributed by atoms with Gasteiger partial charge in [-0.05, 0) is 17.5 Å². The molecule has 0 aliphatic heterocycles. The Kier molecular flexibility index (Phi) is 5.27. The molecule has 0 bridgehead atoms. The summed E-state index contributed by atoms with van der Waals surface area (Å²) in [6.07, 6.45) is 1.14. The molecule has 0 amide bonds. The van der Waals surface area contributed by atoms with Crippen molar-refractivity contribution in [2.45, 2.75) is 19.8 Å². The maximum absolute atomic E-state index is 10.8. The van der Waals surface area contributed by atoms with E-state index in [1.807, 2.05) is 24.3 Å². The van der Waals surface area contributed by atoms with Gasteiger partial charge in [0.2, 0.25) is 0 Å². The number of rotatable bonds is 6. The zero-order chi connectivity index (χ0) is 12.7. The van der Waals surface area contributed by atoms with E-state index in [0.717, 1.165) is 17.4 Å². The lowest BCUT2D eigenvalue weighted by atomic mass is 10.0. The van der Waals surface area contributed by atoms with Crippen LogP contribution in [-0.4, -0.2) is 19.2 Å². The molecule has 0 saturated carbocycles. The van der Waals surface area contributed by atoms with E-state index in [2.05, 4.69) is 20.4 Å². The monoisotopic (exact) mass is 234 g/mol. The van der Waals surface area contributed by atoms with Crippen LogP contribution in [-0.2, 0) is 9.53 Å². The first-order chi connectivity index (χ1) is 8.15. The second-order valence-corrected chi connectivity index (χ2v) is 3.91. The lowest BCUT2D eigenvalue weighted by molar-refractivity contribution is -0.138. The summed E-state index contributed by atoms with van der Waals surface area (Å²) < 4.78 is 10.4. The highest BCUT2D eigenvalue weighted by atomic mass is 16.6. The van der Waals surface area contributed by atoms with Gasteiger partial charge in [-0.3, -0.25) is 0 Å². The number of carbonyl (C=O) groups is 1. The zero-order valence-corrected chi connectivity index (χ0v) is 10.3. The summed E-state index contributed by atoms with van der Waals surface area (Å²) in [6, 6.07) is 7.87. The number of benzene rings is 1. The molecule has 0 spiro atoms. The summed E-state index contributed by atoms with van der Waals surface area (Å²) >= 11 is 0. The maximum atomic E-state index is 10.8. The van der Waals surface area contributed by atoms with Gasteiger partial charge in [-0.15, -0.1) is 0 Å². The van der Waals surface area contributed by atoms with Gasteiger partial charge in [0.25, 0.3) is 0 Å². The Morgan fingerprint density at radius 1 is 1.35 bits per heavy atom. The predicted molar refractivity (Wildman–Crippen MR) is 67.2 cm³/mol. The van der Waals surface area contributed by atoms with E-state index in [0.29, 0.717) is 12.5 Å². The molecule has 0 aromatic heterocycles. The molecule has 0 aliphatic carbocycles. The summed E-state index contributed by atoms with van der Waals surface area (Å²) in [6.45, 7) is 8.13. The van der Waals surface area contributed by atoms with Crippen molar-refractivity contribution < 1.29 is 14.3 Å². The minimum Gasteiger partial charge on any atom is -0.490 e. The normalized spacial score (nSPS) is 10.1. The molecule has 0 saturated heterocycles. The minimum absolute atomic E-state index is 0.233. The Labute approximate surface area is 102 Å². The maximum Gasteiger partial charge on any atom is 0.330 e. The van der Waals surface area contributed by atoms with E-state index in [1.165, 1.54) is 0 Å². The van der Waals surface area contributed by atoms with Crippen molar-refractivity contribution in [2.75, 3.05) is 13.2 Å². The molecule has 0 heterocycles. The Morgan fingerprint density at radius 2 is 2.06 bits per heavy atom. The van der Waals surface area contributed by atoms with Gasteiger partial charge in [0, 0.05) is 6.08 Å². The molecule has 0 aliphatic rings. The van der Waals surface area contributed by atoms with Gasteiger partial charge in [0.15, 0.2) is 0 Å². The van der Waals surface area contributed by atoms with E-state index in [-0.39, 0.29) is 6.61 Å². The number of esters is 1. The van der Waals surface area contributed by atoms with Crippen LogP contribution in [0.25, 0.3) is 0 Å². The molecule has 17 heavy (non-hydrogen) atoms. The Hall–Kier alpha value is -1.77. The van der Waals surface area contributed by atoms with E-state index >= 15 is 0 Å². The van der Waals surface area contributed by atoms with Crippen molar-refractivity contribution in [2.24, 2.45) is 0 Å². The van der Waals surface area contributed by atoms with Gasteiger partial charge in [-0.25, -0.2) is 4.79 Å². The highest BCUT2D eigenvalue weighted by Gasteiger charge is 2.06. The van der Waals surface area contributed by atoms with Crippen LogP contribution in [0, 0.1) is 0 Å². The van der Waals surface area contributed by atoms with Crippen LogP contribution in [0.15, 0.2) is 36.9 Å². The topological polar surface area (TPSA) is 35.5 Å². The van der Waals surface area contributed by atoms with Gasteiger partial charge in [-0.2, -0.15) is 0 Å². The highest BCUT2D eigenvalue weighted by molar-refractivity contribution is 5.81. The number of hydrogen-bond donors (Lipinski definition) is 0. The first-order valence-corrected chi connectivity index (χ1v) is 5.66. The van der Waals surface area contributed by atoms with Crippen molar-refractivity contribution >= 4 is 5.97 Å². The molecular formula is C14H18O3. The third-order valence-corrected chi connectivity index (χ3v) is 2.29. The lowest BCUT2D eigenvalue weighted by Gasteiger charge is -2.13. The Morgan fingerprint density at radius 3 is 2.71 bits per heavy atom. The molecule has 0 unspecified atom stereocenters. The predicted octanol–water partition coefficient (Wildman–Crippen LogP) is 2.92. The Balaban J connectivity index is 2.46. The minimum atomic E-state index is -0.425. The number of ether oxygens (including phenoxy) is 2. The fourth-order valence-corrected chi connectivity index (χ4v) is 1.44. The largest absolute Gasteiger partial charge is 0.490 e. The molecule has 0 N–H and O–H groups in total. The molecule has 0 radical (unpaired) electrons.